The van der Waals surface area contributed by atoms with Crippen molar-refractivity contribution in [2.45, 2.75) is 49.9 Å². The number of amides is 1. The number of hydrogen-bond acceptors (Lipinski definition) is 2. The van der Waals surface area contributed by atoms with Crippen molar-refractivity contribution in [3.8, 4) is 0 Å². The second-order valence-corrected chi connectivity index (χ2v) is 8.64. The molecular weight excluding hydrogens is 350 g/mol. The highest BCUT2D eigenvalue weighted by molar-refractivity contribution is 7.07. The van der Waals surface area contributed by atoms with Gasteiger partial charge in [0.25, 0.3) is 0 Å². The monoisotopic (exact) mass is 373 g/mol. The molecule has 2 heterocycles. The van der Waals surface area contributed by atoms with Gasteiger partial charge in [-0.2, -0.15) is 11.3 Å². The molecule has 2 nitrogen and oxygen atoms in total. The number of nitrogens with zero attached hydrogens (tertiary/aromatic N) is 1. The Bertz CT molecular complexity index is 711. The Morgan fingerprint density at radius 3 is 2.36 bits per heavy atom. The fourth-order valence-corrected chi connectivity index (χ4v) is 5.47. The first kappa shape index (κ1) is 17.1. The van der Waals surface area contributed by atoms with Crippen LogP contribution in [0.1, 0.15) is 55.6 Å². The van der Waals surface area contributed by atoms with Crippen LogP contribution in [0.25, 0.3) is 0 Å². The highest BCUT2D eigenvalue weighted by atomic mass is 35.5. The van der Waals surface area contributed by atoms with E-state index in [0.29, 0.717) is 11.8 Å². The molecule has 1 aromatic heterocycles. The zero-order valence-electron chi connectivity index (χ0n) is 14.4. The average Bonchev–Trinajstić information content (AvgIpc) is 3.34. The fourth-order valence-electron chi connectivity index (χ4n) is 4.60. The number of thiophene rings is 1. The quantitative estimate of drug-likeness (QED) is 0.683. The van der Waals surface area contributed by atoms with Crippen molar-refractivity contribution in [1.29, 1.82) is 0 Å². The van der Waals surface area contributed by atoms with Gasteiger partial charge in [0.15, 0.2) is 0 Å². The van der Waals surface area contributed by atoms with Gasteiger partial charge in [0, 0.05) is 18.1 Å². The van der Waals surface area contributed by atoms with E-state index in [1.54, 1.807) is 11.3 Å². The van der Waals surface area contributed by atoms with E-state index in [1.165, 1.54) is 5.56 Å². The lowest BCUT2D eigenvalue weighted by atomic mass is 9.77. The zero-order valence-corrected chi connectivity index (χ0v) is 16.0. The lowest BCUT2D eigenvalue weighted by Gasteiger charge is -2.39. The molecule has 1 amide bonds. The van der Waals surface area contributed by atoms with Crippen LogP contribution in [0.2, 0.25) is 5.02 Å². The van der Waals surface area contributed by atoms with Gasteiger partial charge in [0.2, 0.25) is 5.91 Å². The van der Waals surface area contributed by atoms with E-state index in [0.717, 1.165) is 62.2 Å². The Labute approximate surface area is 158 Å². The molecule has 2 aliphatic rings. The standard InChI is InChI=1S/C21H24ClNOS/c22-19-5-3-18(4-6-19)21(10-1-2-11-21)20(24)23-12-7-16(8-13-23)17-9-14-25-15-17/h3-6,9,14-16H,1-2,7-8,10-13H2. The first-order valence-corrected chi connectivity index (χ1v) is 10.6. The van der Waals surface area contributed by atoms with Gasteiger partial charge in [-0.1, -0.05) is 36.6 Å². The Morgan fingerprint density at radius 2 is 1.76 bits per heavy atom. The van der Waals surface area contributed by atoms with Crippen LogP contribution >= 0.6 is 22.9 Å². The molecule has 0 spiro atoms. The van der Waals surface area contributed by atoms with Crippen LogP contribution in [-0.2, 0) is 10.2 Å². The minimum atomic E-state index is -0.320. The molecule has 1 aromatic carbocycles. The molecular formula is C21H24ClNOS. The summed E-state index contributed by atoms with van der Waals surface area (Å²) in [5, 5.41) is 5.15. The molecule has 25 heavy (non-hydrogen) atoms. The van der Waals surface area contributed by atoms with Gasteiger partial charge in [-0.15, -0.1) is 0 Å². The maximum atomic E-state index is 13.5. The third kappa shape index (κ3) is 3.24. The number of benzene rings is 1. The van der Waals surface area contributed by atoms with E-state index in [9.17, 15) is 4.79 Å². The molecule has 2 aromatic rings. The maximum Gasteiger partial charge on any atom is 0.233 e. The summed E-state index contributed by atoms with van der Waals surface area (Å²) in [5.41, 5.74) is 2.28. The summed E-state index contributed by atoms with van der Waals surface area (Å²) in [4.78, 5) is 15.6. The molecule has 1 saturated carbocycles. The van der Waals surface area contributed by atoms with Crippen molar-refractivity contribution >= 4 is 28.8 Å². The number of hydrogen-bond donors (Lipinski definition) is 0. The molecule has 1 aliphatic heterocycles. The normalized spacial score (nSPS) is 20.8. The predicted octanol–water partition coefficient (Wildman–Crippen LogP) is 5.62. The Morgan fingerprint density at radius 1 is 1.08 bits per heavy atom. The number of carbonyl (C=O) groups excluding carboxylic acids is 1. The minimum absolute atomic E-state index is 0.320. The molecule has 0 bridgehead atoms. The van der Waals surface area contributed by atoms with Gasteiger partial charge in [-0.25, -0.2) is 0 Å². The van der Waals surface area contributed by atoms with Crippen LogP contribution in [0, 0.1) is 0 Å². The first-order chi connectivity index (χ1) is 12.2. The Balaban J connectivity index is 1.51. The largest absolute Gasteiger partial charge is 0.342 e. The summed E-state index contributed by atoms with van der Waals surface area (Å²) in [7, 11) is 0. The number of rotatable bonds is 3. The van der Waals surface area contributed by atoms with Crippen LogP contribution in [0.3, 0.4) is 0 Å². The Kier molecular flexibility index (Phi) is 4.88. The van der Waals surface area contributed by atoms with Crippen molar-refractivity contribution < 1.29 is 4.79 Å². The summed E-state index contributed by atoms with van der Waals surface area (Å²) in [6.45, 7) is 1.77. The molecule has 0 N–H and O–H groups in total. The summed E-state index contributed by atoms with van der Waals surface area (Å²) in [6.07, 6.45) is 6.38. The van der Waals surface area contributed by atoms with Crippen LogP contribution in [0.5, 0.6) is 0 Å². The van der Waals surface area contributed by atoms with Gasteiger partial charge in [0.05, 0.1) is 5.41 Å². The fraction of sp³-hybridized carbons (Fsp3) is 0.476. The Hall–Kier alpha value is -1.32. The van der Waals surface area contributed by atoms with E-state index in [-0.39, 0.29) is 5.41 Å². The van der Waals surface area contributed by atoms with Crippen molar-refractivity contribution in [1.82, 2.24) is 4.90 Å². The molecule has 0 radical (unpaired) electrons. The van der Waals surface area contributed by atoms with E-state index in [1.807, 2.05) is 12.1 Å². The highest BCUT2D eigenvalue weighted by Gasteiger charge is 2.45. The van der Waals surface area contributed by atoms with Crippen molar-refractivity contribution in [3.63, 3.8) is 0 Å². The smallest absolute Gasteiger partial charge is 0.233 e. The zero-order chi connectivity index (χ0) is 17.3. The van der Waals surface area contributed by atoms with Crippen molar-refractivity contribution in [3.05, 3.63) is 57.2 Å². The van der Waals surface area contributed by atoms with Crippen LogP contribution < -0.4 is 0 Å². The summed E-state index contributed by atoms with van der Waals surface area (Å²) >= 11 is 7.83. The highest BCUT2D eigenvalue weighted by Crippen LogP contribution is 2.44. The minimum Gasteiger partial charge on any atom is -0.342 e. The predicted molar refractivity (Wildman–Crippen MR) is 104 cm³/mol. The average molecular weight is 374 g/mol. The second kappa shape index (κ2) is 7.13. The lowest BCUT2D eigenvalue weighted by molar-refractivity contribution is -0.138. The maximum absolute atomic E-state index is 13.5. The SMILES string of the molecule is O=C(N1CCC(c2ccsc2)CC1)C1(c2ccc(Cl)cc2)CCCC1. The second-order valence-electron chi connectivity index (χ2n) is 7.42. The number of halogens is 1. The molecule has 2 fully saturated rings. The summed E-state index contributed by atoms with van der Waals surface area (Å²) < 4.78 is 0. The molecule has 1 aliphatic carbocycles. The van der Waals surface area contributed by atoms with Crippen molar-refractivity contribution in [2.75, 3.05) is 13.1 Å². The number of likely N-dealkylation sites (tertiary alicyclic amines) is 1. The van der Waals surface area contributed by atoms with E-state index in [2.05, 4.69) is 33.9 Å². The molecule has 1 saturated heterocycles. The number of piperidine rings is 1. The van der Waals surface area contributed by atoms with E-state index in [4.69, 9.17) is 11.6 Å². The van der Waals surface area contributed by atoms with Crippen LogP contribution in [0.15, 0.2) is 41.1 Å². The number of carbonyl (C=O) groups is 1. The third-order valence-corrected chi connectivity index (χ3v) is 7.01. The molecule has 0 unspecified atom stereocenters. The molecule has 4 rings (SSSR count). The van der Waals surface area contributed by atoms with Gasteiger partial charge in [-0.05, 0) is 71.7 Å². The summed E-state index contributed by atoms with van der Waals surface area (Å²) in [6, 6.07) is 10.2. The van der Waals surface area contributed by atoms with E-state index < -0.39 is 0 Å². The van der Waals surface area contributed by atoms with Gasteiger partial charge >= 0.3 is 0 Å². The molecule has 0 atom stereocenters. The van der Waals surface area contributed by atoms with Gasteiger partial charge in [0.1, 0.15) is 0 Å². The topological polar surface area (TPSA) is 20.3 Å². The molecule has 4 heteroatoms. The van der Waals surface area contributed by atoms with Crippen molar-refractivity contribution in [2.24, 2.45) is 0 Å². The first-order valence-electron chi connectivity index (χ1n) is 9.26. The molecule has 132 valence electrons. The lowest BCUT2D eigenvalue weighted by Crippen LogP contribution is -2.48. The third-order valence-electron chi connectivity index (χ3n) is 6.06. The van der Waals surface area contributed by atoms with Crippen LogP contribution in [-0.4, -0.2) is 23.9 Å². The van der Waals surface area contributed by atoms with Crippen LogP contribution in [0.4, 0.5) is 0 Å². The van der Waals surface area contributed by atoms with Gasteiger partial charge in [-0.3, -0.25) is 4.79 Å². The van der Waals surface area contributed by atoms with E-state index >= 15 is 0 Å². The summed E-state index contributed by atoms with van der Waals surface area (Å²) in [5.74, 6) is 0.960. The van der Waals surface area contributed by atoms with Gasteiger partial charge < -0.3 is 4.90 Å².